The Kier molecular flexibility index (Phi) is 5.50. The molecular weight excluding hydrogens is 322 g/mol. The fourth-order valence-electron chi connectivity index (χ4n) is 3.35. The van der Waals surface area contributed by atoms with E-state index in [0.717, 1.165) is 43.9 Å². The average Bonchev–Trinajstić information content (AvgIpc) is 3.28. The Morgan fingerprint density at radius 3 is 2.84 bits per heavy atom. The summed E-state index contributed by atoms with van der Waals surface area (Å²) in [5, 5.41) is 7.05. The van der Waals surface area contributed by atoms with Crippen molar-refractivity contribution >= 4 is 5.91 Å². The predicted octanol–water partition coefficient (Wildman–Crippen LogP) is 0.933. The number of piperidine rings is 1. The lowest BCUT2D eigenvalue weighted by atomic mass is 9.86. The first-order valence-corrected chi connectivity index (χ1v) is 8.54. The molecule has 1 saturated heterocycles. The third-order valence-corrected chi connectivity index (χ3v) is 4.76. The van der Waals surface area contributed by atoms with Crippen LogP contribution in [0.5, 0.6) is 0 Å². The third-order valence-electron chi connectivity index (χ3n) is 4.76. The number of carbonyl (C=O) groups is 1. The fourth-order valence-corrected chi connectivity index (χ4v) is 3.35. The Morgan fingerprint density at radius 2 is 2.24 bits per heavy atom. The van der Waals surface area contributed by atoms with Crippen molar-refractivity contribution in [2.24, 2.45) is 0 Å². The van der Waals surface area contributed by atoms with E-state index in [1.807, 2.05) is 23.8 Å². The van der Waals surface area contributed by atoms with Crippen LogP contribution >= 0.6 is 0 Å². The van der Waals surface area contributed by atoms with E-state index in [2.05, 4.69) is 20.4 Å². The van der Waals surface area contributed by atoms with Crippen LogP contribution in [0.15, 0.2) is 29.3 Å². The Balaban J connectivity index is 1.67. The fraction of sp³-hybridized carbons (Fsp3) is 0.588. The zero-order valence-electron chi connectivity index (χ0n) is 14.8. The largest absolute Gasteiger partial charge is 0.383 e. The highest BCUT2D eigenvalue weighted by Gasteiger charge is 2.42. The predicted molar refractivity (Wildman–Crippen MR) is 90.8 cm³/mol. The van der Waals surface area contributed by atoms with Gasteiger partial charge in [0.2, 0.25) is 5.91 Å². The van der Waals surface area contributed by atoms with Crippen LogP contribution in [0.3, 0.4) is 0 Å². The first-order chi connectivity index (χ1) is 12.1. The number of amides is 1. The molecule has 0 aliphatic carbocycles. The number of nitrogens with zero attached hydrogens (tertiary/aromatic N) is 4. The molecule has 8 nitrogen and oxygen atoms in total. The van der Waals surface area contributed by atoms with E-state index in [4.69, 9.17) is 9.26 Å². The van der Waals surface area contributed by atoms with Gasteiger partial charge >= 0.3 is 0 Å². The van der Waals surface area contributed by atoms with E-state index in [1.165, 1.54) is 0 Å². The van der Waals surface area contributed by atoms with E-state index in [0.29, 0.717) is 13.2 Å². The molecule has 1 N–H and O–H groups in total. The second-order valence-corrected chi connectivity index (χ2v) is 6.46. The molecule has 2 aromatic heterocycles. The van der Waals surface area contributed by atoms with Gasteiger partial charge < -0.3 is 19.1 Å². The maximum Gasteiger partial charge on any atom is 0.246 e. The van der Waals surface area contributed by atoms with Crippen LogP contribution in [0.1, 0.15) is 24.3 Å². The van der Waals surface area contributed by atoms with E-state index >= 15 is 0 Å². The first-order valence-electron chi connectivity index (χ1n) is 8.54. The molecule has 0 atom stereocenters. The van der Waals surface area contributed by atoms with E-state index < -0.39 is 5.54 Å². The van der Waals surface area contributed by atoms with Gasteiger partial charge in [-0.3, -0.25) is 9.69 Å². The molecule has 1 aliphatic heterocycles. The van der Waals surface area contributed by atoms with Crippen molar-refractivity contribution in [1.29, 1.82) is 0 Å². The number of likely N-dealkylation sites (tertiary alicyclic amines) is 1. The highest BCUT2D eigenvalue weighted by Crippen LogP contribution is 2.31. The van der Waals surface area contributed by atoms with Crippen molar-refractivity contribution in [3.63, 3.8) is 0 Å². The quantitative estimate of drug-likeness (QED) is 0.750. The van der Waals surface area contributed by atoms with Gasteiger partial charge in [-0.25, -0.2) is 4.98 Å². The standard InChI is InChI=1S/C17H25N5O3/c1-14-11-15(20-25-14)12-21-7-3-17(4-8-21,22-9-5-18-13-22)16(23)19-6-10-24-2/h5,9,11,13H,3-4,6-8,10,12H2,1-2H3,(H,19,23). The van der Waals surface area contributed by atoms with Crippen LogP contribution in [0.2, 0.25) is 0 Å². The Morgan fingerprint density at radius 1 is 1.44 bits per heavy atom. The van der Waals surface area contributed by atoms with Crippen molar-refractivity contribution in [3.05, 3.63) is 36.2 Å². The highest BCUT2D eigenvalue weighted by atomic mass is 16.5. The van der Waals surface area contributed by atoms with Crippen molar-refractivity contribution < 1.29 is 14.1 Å². The number of methoxy groups -OCH3 is 1. The molecule has 8 heteroatoms. The van der Waals surface area contributed by atoms with Gasteiger partial charge in [-0.05, 0) is 19.8 Å². The summed E-state index contributed by atoms with van der Waals surface area (Å²) >= 11 is 0. The number of imidazole rings is 1. The van der Waals surface area contributed by atoms with Crippen LogP contribution < -0.4 is 5.32 Å². The van der Waals surface area contributed by atoms with E-state index in [9.17, 15) is 4.79 Å². The molecule has 0 radical (unpaired) electrons. The first kappa shape index (κ1) is 17.6. The van der Waals surface area contributed by atoms with Gasteiger partial charge in [0, 0.05) is 51.7 Å². The number of nitrogens with one attached hydrogen (secondary N) is 1. The summed E-state index contributed by atoms with van der Waals surface area (Å²) in [5.74, 6) is 0.844. The molecule has 3 heterocycles. The summed E-state index contributed by atoms with van der Waals surface area (Å²) in [6.45, 7) is 5.25. The lowest BCUT2D eigenvalue weighted by Gasteiger charge is -2.41. The SMILES string of the molecule is COCCNC(=O)C1(n2ccnc2)CCN(Cc2cc(C)on2)CC1. The van der Waals surface area contributed by atoms with Gasteiger partial charge in [-0.1, -0.05) is 5.16 Å². The van der Waals surface area contributed by atoms with Crippen LogP contribution in [-0.4, -0.2) is 58.9 Å². The topological polar surface area (TPSA) is 85.4 Å². The molecule has 0 spiro atoms. The molecule has 0 saturated carbocycles. The summed E-state index contributed by atoms with van der Waals surface area (Å²) in [6, 6.07) is 1.95. The van der Waals surface area contributed by atoms with Gasteiger partial charge in [0.1, 0.15) is 11.3 Å². The summed E-state index contributed by atoms with van der Waals surface area (Å²) in [6.07, 6.45) is 6.76. The number of hydrogen-bond acceptors (Lipinski definition) is 6. The minimum atomic E-state index is -0.597. The van der Waals surface area contributed by atoms with Gasteiger partial charge in [-0.15, -0.1) is 0 Å². The zero-order chi connectivity index (χ0) is 17.7. The number of aromatic nitrogens is 3. The number of carbonyl (C=O) groups excluding carboxylic acids is 1. The van der Waals surface area contributed by atoms with Crippen molar-refractivity contribution in [1.82, 2.24) is 24.9 Å². The zero-order valence-corrected chi connectivity index (χ0v) is 14.8. The lowest BCUT2D eigenvalue weighted by Crippen LogP contribution is -2.55. The molecule has 0 unspecified atom stereocenters. The van der Waals surface area contributed by atoms with Crippen molar-refractivity contribution in [2.45, 2.75) is 31.8 Å². The maximum atomic E-state index is 12.9. The van der Waals surface area contributed by atoms with Crippen LogP contribution in [-0.2, 0) is 21.6 Å². The molecule has 3 rings (SSSR count). The molecule has 0 aromatic carbocycles. The van der Waals surface area contributed by atoms with Crippen LogP contribution in [0.4, 0.5) is 0 Å². The van der Waals surface area contributed by atoms with Gasteiger partial charge in [-0.2, -0.15) is 0 Å². The number of aryl methyl sites for hydroxylation is 1. The number of ether oxygens (including phenoxy) is 1. The van der Waals surface area contributed by atoms with Gasteiger partial charge in [0.05, 0.1) is 18.6 Å². The molecule has 0 bridgehead atoms. The normalized spacial score (nSPS) is 17.5. The van der Waals surface area contributed by atoms with Gasteiger partial charge in [0.25, 0.3) is 0 Å². The molecule has 1 amide bonds. The molecule has 2 aromatic rings. The number of hydrogen-bond donors (Lipinski definition) is 1. The van der Waals surface area contributed by atoms with Crippen LogP contribution in [0, 0.1) is 6.92 Å². The van der Waals surface area contributed by atoms with Crippen molar-refractivity contribution in [3.8, 4) is 0 Å². The maximum absolute atomic E-state index is 12.9. The molecule has 25 heavy (non-hydrogen) atoms. The Labute approximate surface area is 147 Å². The van der Waals surface area contributed by atoms with E-state index in [-0.39, 0.29) is 5.91 Å². The molecule has 136 valence electrons. The summed E-state index contributed by atoms with van der Waals surface area (Å²) < 4.78 is 12.1. The minimum Gasteiger partial charge on any atom is -0.383 e. The minimum absolute atomic E-state index is 0.0273. The molecule has 1 aliphatic rings. The monoisotopic (exact) mass is 347 g/mol. The summed E-state index contributed by atoms with van der Waals surface area (Å²) in [4.78, 5) is 19.3. The second-order valence-electron chi connectivity index (χ2n) is 6.46. The van der Waals surface area contributed by atoms with Crippen molar-refractivity contribution in [2.75, 3.05) is 33.4 Å². The lowest BCUT2D eigenvalue weighted by molar-refractivity contribution is -0.132. The second kappa shape index (κ2) is 7.79. The Hall–Kier alpha value is -2.19. The Bertz CT molecular complexity index is 674. The van der Waals surface area contributed by atoms with Gasteiger partial charge in [0.15, 0.2) is 0 Å². The van der Waals surface area contributed by atoms with E-state index in [1.54, 1.807) is 19.6 Å². The number of rotatable bonds is 7. The average molecular weight is 347 g/mol. The summed E-state index contributed by atoms with van der Waals surface area (Å²) in [7, 11) is 1.63. The third kappa shape index (κ3) is 3.91. The smallest absolute Gasteiger partial charge is 0.246 e. The molecular formula is C17H25N5O3. The highest BCUT2D eigenvalue weighted by molar-refractivity contribution is 5.84. The van der Waals surface area contributed by atoms with Crippen LogP contribution in [0.25, 0.3) is 0 Å². The molecule has 1 fully saturated rings. The summed E-state index contributed by atoms with van der Waals surface area (Å²) in [5.41, 5.74) is 0.331.